The Morgan fingerprint density at radius 1 is 1.06 bits per heavy atom. The van der Waals surface area contributed by atoms with Crippen molar-refractivity contribution in [1.29, 1.82) is 0 Å². The Kier molecular flexibility index (Phi) is 3.60. The Balaban J connectivity index is 3.42. The standard InChI is InChI=1S/C17H32/c1-12(2)16(8)13(3)10-11-14(4)17(16,9)15(5,6)7/h13-14H,1,10-11H2,2-9H3. The van der Waals surface area contributed by atoms with E-state index in [0.29, 0.717) is 10.8 Å². The van der Waals surface area contributed by atoms with Crippen LogP contribution in [0.1, 0.15) is 68.2 Å². The van der Waals surface area contributed by atoms with Crippen LogP contribution in [0.15, 0.2) is 12.2 Å². The minimum Gasteiger partial charge on any atom is -0.0996 e. The lowest BCUT2D eigenvalue weighted by Gasteiger charge is -2.63. The SMILES string of the molecule is C=C(C)C1(C)C(C)CCC(C)C1(C)C(C)(C)C. The highest BCUT2D eigenvalue weighted by Crippen LogP contribution is 2.66. The molecule has 1 fully saturated rings. The molecule has 1 aliphatic rings. The lowest BCUT2D eigenvalue weighted by Crippen LogP contribution is -2.57. The van der Waals surface area contributed by atoms with E-state index in [9.17, 15) is 0 Å². The highest BCUT2D eigenvalue weighted by molar-refractivity contribution is 5.20. The maximum absolute atomic E-state index is 4.34. The molecule has 0 heteroatoms. The summed E-state index contributed by atoms with van der Waals surface area (Å²) in [6, 6.07) is 0. The Morgan fingerprint density at radius 3 is 1.76 bits per heavy atom. The highest BCUT2D eigenvalue weighted by atomic mass is 14.6. The van der Waals surface area contributed by atoms with Crippen molar-refractivity contribution in [3.8, 4) is 0 Å². The highest BCUT2D eigenvalue weighted by Gasteiger charge is 2.58. The molecule has 0 aliphatic heterocycles. The number of hydrogen-bond acceptors (Lipinski definition) is 0. The molecule has 4 atom stereocenters. The zero-order chi connectivity index (χ0) is 13.6. The third-order valence-corrected chi connectivity index (χ3v) is 6.53. The van der Waals surface area contributed by atoms with Gasteiger partial charge >= 0.3 is 0 Å². The minimum absolute atomic E-state index is 0.253. The van der Waals surface area contributed by atoms with E-state index >= 15 is 0 Å². The van der Waals surface area contributed by atoms with E-state index in [-0.39, 0.29) is 5.41 Å². The molecule has 0 amide bonds. The third-order valence-electron chi connectivity index (χ3n) is 6.53. The van der Waals surface area contributed by atoms with Gasteiger partial charge in [0.25, 0.3) is 0 Å². The van der Waals surface area contributed by atoms with Gasteiger partial charge in [0.15, 0.2) is 0 Å². The van der Waals surface area contributed by atoms with Crippen molar-refractivity contribution >= 4 is 0 Å². The molecule has 0 spiro atoms. The van der Waals surface area contributed by atoms with Crippen molar-refractivity contribution in [1.82, 2.24) is 0 Å². The summed E-state index contributed by atoms with van der Waals surface area (Å²) in [6.07, 6.45) is 2.70. The zero-order valence-corrected chi connectivity index (χ0v) is 13.3. The van der Waals surface area contributed by atoms with Gasteiger partial charge in [0.2, 0.25) is 0 Å². The van der Waals surface area contributed by atoms with Crippen molar-refractivity contribution in [2.24, 2.45) is 28.1 Å². The molecule has 0 N–H and O–H groups in total. The van der Waals surface area contributed by atoms with Crippen molar-refractivity contribution in [3.63, 3.8) is 0 Å². The number of allylic oxidation sites excluding steroid dienone is 1. The average Bonchev–Trinajstić information content (AvgIpc) is 2.18. The molecule has 100 valence electrons. The van der Waals surface area contributed by atoms with Gasteiger partial charge in [-0.1, -0.05) is 60.6 Å². The van der Waals surface area contributed by atoms with Crippen LogP contribution in [0, 0.1) is 28.1 Å². The predicted octanol–water partition coefficient (Wildman–Crippen LogP) is 5.69. The third kappa shape index (κ3) is 1.79. The van der Waals surface area contributed by atoms with Gasteiger partial charge in [-0.3, -0.25) is 0 Å². The number of hydrogen-bond donors (Lipinski definition) is 0. The molecule has 1 rings (SSSR count). The minimum atomic E-state index is 0.253. The maximum Gasteiger partial charge on any atom is -0.00349 e. The first kappa shape index (κ1) is 14.8. The smallest absolute Gasteiger partial charge is 0.00349 e. The molecular formula is C17H32. The summed E-state index contributed by atoms with van der Waals surface area (Å²) in [4.78, 5) is 0. The second-order valence-electron chi connectivity index (χ2n) is 7.81. The molecule has 1 aliphatic carbocycles. The van der Waals surface area contributed by atoms with Gasteiger partial charge in [0.1, 0.15) is 0 Å². The summed E-state index contributed by atoms with van der Waals surface area (Å²) in [7, 11) is 0. The van der Waals surface area contributed by atoms with Crippen LogP contribution in [-0.4, -0.2) is 0 Å². The van der Waals surface area contributed by atoms with Crippen molar-refractivity contribution < 1.29 is 0 Å². The molecule has 0 aromatic rings. The van der Waals surface area contributed by atoms with Crippen molar-refractivity contribution in [3.05, 3.63) is 12.2 Å². The summed E-state index contributed by atoms with van der Waals surface area (Å²) in [6.45, 7) is 23.6. The van der Waals surface area contributed by atoms with Gasteiger partial charge in [-0.2, -0.15) is 0 Å². The largest absolute Gasteiger partial charge is 0.0996 e. The monoisotopic (exact) mass is 236 g/mol. The molecule has 0 bridgehead atoms. The van der Waals surface area contributed by atoms with Gasteiger partial charge < -0.3 is 0 Å². The van der Waals surface area contributed by atoms with E-state index in [0.717, 1.165) is 11.8 Å². The van der Waals surface area contributed by atoms with Crippen LogP contribution in [-0.2, 0) is 0 Å². The molecule has 0 heterocycles. The van der Waals surface area contributed by atoms with Crippen LogP contribution in [0.2, 0.25) is 0 Å². The molecule has 4 unspecified atom stereocenters. The van der Waals surface area contributed by atoms with E-state index in [1.54, 1.807) is 0 Å². The Labute approximate surface area is 109 Å². The fourth-order valence-corrected chi connectivity index (χ4v) is 4.48. The Hall–Kier alpha value is -0.260. The van der Waals surface area contributed by atoms with Crippen molar-refractivity contribution in [2.75, 3.05) is 0 Å². The summed E-state index contributed by atoms with van der Waals surface area (Å²) in [5, 5.41) is 0. The molecule has 1 saturated carbocycles. The topological polar surface area (TPSA) is 0 Å². The summed E-state index contributed by atoms with van der Waals surface area (Å²) in [5.41, 5.74) is 2.26. The molecule has 0 saturated heterocycles. The van der Waals surface area contributed by atoms with Gasteiger partial charge in [-0.25, -0.2) is 0 Å². The van der Waals surface area contributed by atoms with E-state index < -0.39 is 0 Å². The normalized spacial score (nSPS) is 43.5. The second-order valence-corrected chi connectivity index (χ2v) is 7.81. The van der Waals surface area contributed by atoms with Gasteiger partial charge in [-0.05, 0) is 47.8 Å². The number of rotatable bonds is 1. The maximum atomic E-state index is 4.34. The molecule has 0 aromatic heterocycles. The van der Waals surface area contributed by atoms with Gasteiger partial charge in [0.05, 0.1) is 0 Å². The van der Waals surface area contributed by atoms with Gasteiger partial charge in [0, 0.05) is 0 Å². The second kappa shape index (κ2) is 4.14. The van der Waals surface area contributed by atoms with Crippen LogP contribution >= 0.6 is 0 Å². The predicted molar refractivity (Wildman–Crippen MR) is 78.0 cm³/mol. The van der Waals surface area contributed by atoms with Crippen LogP contribution in [0.25, 0.3) is 0 Å². The lowest BCUT2D eigenvalue weighted by molar-refractivity contribution is -0.120. The first-order valence-corrected chi connectivity index (χ1v) is 7.15. The van der Waals surface area contributed by atoms with Crippen LogP contribution in [0.4, 0.5) is 0 Å². The summed E-state index contributed by atoms with van der Waals surface area (Å²) >= 11 is 0. The van der Waals surface area contributed by atoms with Crippen LogP contribution in [0.3, 0.4) is 0 Å². The summed E-state index contributed by atoms with van der Waals surface area (Å²) in [5.74, 6) is 1.50. The van der Waals surface area contributed by atoms with Crippen LogP contribution < -0.4 is 0 Å². The zero-order valence-electron chi connectivity index (χ0n) is 13.3. The van der Waals surface area contributed by atoms with E-state index in [1.807, 2.05) is 0 Å². The fourth-order valence-electron chi connectivity index (χ4n) is 4.48. The van der Waals surface area contributed by atoms with Gasteiger partial charge in [-0.15, -0.1) is 0 Å². The van der Waals surface area contributed by atoms with Crippen LogP contribution in [0.5, 0.6) is 0 Å². The summed E-state index contributed by atoms with van der Waals surface area (Å²) < 4.78 is 0. The fraction of sp³-hybridized carbons (Fsp3) is 0.882. The molecule has 17 heavy (non-hydrogen) atoms. The first-order chi connectivity index (χ1) is 7.49. The first-order valence-electron chi connectivity index (χ1n) is 7.15. The molecule has 0 nitrogen and oxygen atoms in total. The van der Waals surface area contributed by atoms with E-state index in [4.69, 9.17) is 0 Å². The lowest BCUT2D eigenvalue weighted by atomic mass is 9.41. The Bertz CT molecular complexity index is 306. The average molecular weight is 236 g/mol. The molecule has 0 aromatic carbocycles. The molecular weight excluding hydrogens is 204 g/mol. The van der Waals surface area contributed by atoms with Crippen molar-refractivity contribution in [2.45, 2.75) is 68.2 Å². The quantitative estimate of drug-likeness (QED) is 0.513. The van der Waals surface area contributed by atoms with E-state index in [2.05, 4.69) is 62.0 Å². The molecule has 0 radical (unpaired) electrons. The van der Waals surface area contributed by atoms with E-state index in [1.165, 1.54) is 18.4 Å². The Morgan fingerprint density at radius 2 is 1.47 bits per heavy atom.